The van der Waals surface area contributed by atoms with E-state index >= 15 is 0 Å². The zero-order chi connectivity index (χ0) is 12.8. The monoisotopic (exact) mass is 259 g/mol. The highest BCUT2D eigenvalue weighted by molar-refractivity contribution is 5.69. The summed E-state index contributed by atoms with van der Waals surface area (Å²) in [6, 6.07) is 2.25. The van der Waals surface area contributed by atoms with Crippen LogP contribution in [0.15, 0.2) is 6.07 Å². The summed E-state index contributed by atoms with van der Waals surface area (Å²) >= 11 is 0. The second kappa shape index (κ2) is 4.39. The second-order valence-corrected chi connectivity index (χ2v) is 5.89. The molecule has 4 nitrogen and oxygen atoms in total. The molecule has 2 heterocycles. The third-order valence-corrected chi connectivity index (χ3v) is 4.50. The Balaban J connectivity index is 1.85. The lowest BCUT2D eigenvalue weighted by Gasteiger charge is -2.26. The molecular formula is C15H21N3O. The number of nitrogens with two attached hydrogens (primary N) is 1. The summed E-state index contributed by atoms with van der Waals surface area (Å²) in [5, 5.41) is 5.51. The third-order valence-electron chi connectivity index (χ3n) is 4.50. The largest absolute Gasteiger partial charge is 0.490 e. The Morgan fingerprint density at radius 2 is 2.11 bits per heavy atom. The van der Waals surface area contributed by atoms with Crippen molar-refractivity contribution in [1.29, 1.82) is 0 Å². The van der Waals surface area contributed by atoms with Crippen molar-refractivity contribution in [2.24, 2.45) is 5.84 Å². The van der Waals surface area contributed by atoms with Crippen LogP contribution in [0.25, 0.3) is 0 Å². The van der Waals surface area contributed by atoms with E-state index in [1.807, 2.05) is 5.01 Å². The van der Waals surface area contributed by atoms with E-state index in [2.05, 4.69) is 11.4 Å². The lowest BCUT2D eigenvalue weighted by atomic mass is 9.91. The van der Waals surface area contributed by atoms with Crippen molar-refractivity contribution < 1.29 is 4.74 Å². The minimum Gasteiger partial charge on any atom is -0.490 e. The number of fused-ring (bicyclic) bond motifs is 2. The summed E-state index contributed by atoms with van der Waals surface area (Å²) in [4.78, 5) is 0. The molecule has 1 aliphatic carbocycles. The van der Waals surface area contributed by atoms with Crippen molar-refractivity contribution in [3.63, 3.8) is 0 Å². The van der Waals surface area contributed by atoms with Crippen LogP contribution < -0.4 is 15.9 Å². The molecule has 0 saturated heterocycles. The molecule has 0 radical (unpaired) electrons. The van der Waals surface area contributed by atoms with Gasteiger partial charge in [-0.2, -0.15) is 0 Å². The number of nitrogens with zero attached hydrogens (tertiary/aromatic N) is 1. The molecule has 0 bridgehead atoms. The lowest BCUT2D eigenvalue weighted by Crippen LogP contribution is -2.33. The first-order valence-corrected chi connectivity index (χ1v) is 7.38. The number of hydrogen-bond donors (Lipinski definition) is 2. The molecule has 1 aromatic rings. The van der Waals surface area contributed by atoms with Gasteiger partial charge < -0.3 is 10.1 Å². The van der Waals surface area contributed by atoms with Crippen molar-refractivity contribution in [2.45, 2.75) is 31.6 Å². The number of ether oxygens (including phenoxy) is 1. The minimum absolute atomic E-state index is 0.752. The van der Waals surface area contributed by atoms with E-state index in [0.29, 0.717) is 0 Å². The van der Waals surface area contributed by atoms with Crippen LogP contribution in [0.4, 0.5) is 5.69 Å². The zero-order valence-electron chi connectivity index (χ0n) is 11.2. The first-order valence-electron chi connectivity index (χ1n) is 7.38. The second-order valence-electron chi connectivity index (χ2n) is 5.89. The Hall–Kier alpha value is -1.26. The fraction of sp³-hybridized carbons (Fsp3) is 0.600. The van der Waals surface area contributed by atoms with Crippen LogP contribution in [0.5, 0.6) is 5.75 Å². The van der Waals surface area contributed by atoms with Gasteiger partial charge in [-0.1, -0.05) is 0 Å². The van der Waals surface area contributed by atoms with Gasteiger partial charge in [0.1, 0.15) is 12.4 Å². The van der Waals surface area contributed by atoms with Gasteiger partial charge in [0.05, 0.1) is 5.69 Å². The maximum atomic E-state index is 6.00. The molecule has 0 spiro atoms. The van der Waals surface area contributed by atoms with Gasteiger partial charge in [-0.3, -0.25) is 5.84 Å². The SMILES string of the molecule is NN1CCc2cc3c(c(C4CC4)c2CC1)NCCO3. The molecule has 3 aliphatic rings. The maximum Gasteiger partial charge on any atom is 0.143 e. The Morgan fingerprint density at radius 1 is 1.26 bits per heavy atom. The van der Waals surface area contributed by atoms with Crippen LogP contribution in [0.2, 0.25) is 0 Å². The first-order chi connectivity index (χ1) is 9.33. The normalized spacial score (nSPS) is 22.8. The quantitative estimate of drug-likeness (QED) is 0.753. The van der Waals surface area contributed by atoms with E-state index < -0.39 is 0 Å². The van der Waals surface area contributed by atoms with E-state index in [-0.39, 0.29) is 0 Å². The van der Waals surface area contributed by atoms with E-state index in [1.165, 1.54) is 24.1 Å². The minimum atomic E-state index is 0.752. The Bertz CT molecular complexity index is 511. The number of nitrogens with one attached hydrogen (secondary N) is 1. The van der Waals surface area contributed by atoms with Crippen molar-refractivity contribution in [1.82, 2.24) is 5.01 Å². The molecule has 102 valence electrons. The summed E-state index contributed by atoms with van der Waals surface area (Å²) in [6.07, 6.45) is 4.78. The van der Waals surface area contributed by atoms with Crippen LogP contribution in [-0.4, -0.2) is 31.3 Å². The van der Waals surface area contributed by atoms with Crippen molar-refractivity contribution in [3.05, 3.63) is 22.8 Å². The lowest BCUT2D eigenvalue weighted by molar-refractivity contribution is 0.298. The fourth-order valence-corrected chi connectivity index (χ4v) is 3.38. The van der Waals surface area contributed by atoms with Gasteiger partial charge in [0, 0.05) is 19.6 Å². The van der Waals surface area contributed by atoms with Crippen LogP contribution in [0.1, 0.15) is 35.4 Å². The van der Waals surface area contributed by atoms with E-state index in [1.54, 1.807) is 11.1 Å². The average Bonchev–Trinajstić information content (AvgIpc) is 3.26. The molecule has 0 amide bonds. The summed E-state index contributed by atoms with van der Waals surface area (Å²) in [6.45, 7) is 3.61. The van der Waals surface area contributed by atoms with Gasteiger partial charge in [-0.05, 0) is 54.4 Å². The maximum absolute atomic E-state index is 6.00. The number of hydrogen-bond acceptors (Lipinski definition) is 4. The first kappa shape index (κ1) is 11.6. The summed E-state index contributed by atoms with van der Waals surface area (Å²) in [7, 11) is 0. The van der Waals surface area contributed by atoms with Crippen LogP contribution in [-0.2, 0) is 12.8 Å². The summed E-state index contributed by atoms with van der Waals surface area (Å²) < 4.78 is 5.87. The van der Waals surface area contributed by atoms with Crippen molar-refractivity contribution in [3.8, 4) is 5.75 Å². The van der Waals surface area contributed by atoms with Crippen LogP contribution >= 0.6 is 0 Å². The van der Waals surface area contributed by atoms with Crippen molar-refractivity contribution in [2.75, 3.05) is 31.6 Å². The Kier molecular flexibility index (Phi) is 2.67. The van der Waals surface area contributed by atoms with Crippen LogP contribution in [0, 0.1) is 0 Å². The smallest absolute Gasteiger partial charge is 0.143 e. The van der Waals surface area contributed by atoms with E-state index in [0.717, 1.165) is 50.8 Å². The van der Waals surface area contributed by atoms with Gasteiger partial charge in [0.2, 0.25) is 0 Å². The molecule has 0 unspecified atom stereocenters. The van der Waals surface area contributed by atoms with Gasteiger partial charge >= 0.3 is 0 Å². The fourth-order valence-electron chi connectivity index (χ4n) is 3.38. The van der Waals surface area contributed by atoms with Crippen LogP contribution in [0.3, 0.4) is 0 Å². The van der Waals surface area contributed by atoms with Gasteiger partial charge in [-0.15, -0.1) is 0 Å². The molecular weight excluding hydrogens is 238 g/mol. The Morgan fingerprint density at radius 3 is 2.95 bits per heavy atom. The highest BCUT2D eigenvalue weighted by Gasteiger charge is 2.33. The van der Waals surface area contributed by atoms with Gasteiger partial charge in [0.15, 0.2) is 0 Å². The van der Waals surface area contributed by atoms with E-state index in [9.17, 15) is 0 Å². The Labute approximate surface area is 113 Å². The van der Waals surface area contributed by atoms with E-state index in [4.69, 9.17) is 10.6 Å². The number of anilines is 1. The summed E-state index contributed by atoms with van der Waals surface area (Å²) in [5.41, 5.74) is 5.82. The third kappa shape index (κ3) is 1.99. The standard InChI is InChI=1S/C15H21N3O/c16-18-6-3-11-9-13-15(17-5-8-19-13)14(10-1-2-10)12(11)4-7-18/h9-10,17H,1-8,16H2. The number of hydrazine groups is 1. The molecule has 0 aromatic heterocycles. The average molecular weight is 259 g/mol. The van der Waals surface area contributed by atoms with Gasteiger partial charge in [-0.25, -0.2) is 5.01 Å². The van der Waals surface area contributed by atoms with Gasteiger partial charge in [0.25, 0.3) is 0 Å². The molecule has 3 N–H and O–H groups in total. The molecule has 4 heteroatoms. The topological polar surface area (TPSA) is 50.5 Å². The molecule has 0 atom stereocenters. The number of rotatable bonds is 1. The molecule has 2 aliphatic heterocycles. The molecule has 1 fully saturated rings. The highest BCUT2D eigenvalue weighted by atomic mass is 16.5. The molecule has 4 rings (SSSR count). The molecule has 19 heavy (non-hydrogen) atoms. The molecule has 1 aromatic carbocycles. The summed E-state index contributed by atoms with van der Waals surface area (Å²) in [5.74, 6) is 7.81. The molecule has 1 saturated carbocycles. The van der Waals surface area contributed by atoms with Crippen molar-refractivity contribution >= 4 is 5.69 Å². The number of benzene rings is 1. The zero-order valence-corrected chi connectivity index (χ0v) is 11.2. The predicted molar refractivity (Wildman–Crippen MR) is 75.6 cm³/mol. The highest BCUT2D eigenvalue weighted by Crippen LogP contribution is 2.50. The predicted octanol–water partition coefficient (Wildman–Crippen LogP) is 1.64.